The SMILES string of the molecule is Cc1cc(=O)c(C(=O)NC(CO)c2ccc(Cl)c(F)c2)c[nH]1. The van der Waals surface area contributed by atoms with Gasteiger partial charge < -0.3 is 15.4 Å². The van der Waals surface area contributed by atoms with Crippen LogP contribution < -0.4 is 10.7 Å². The predicted molar refractivity (Wildman–Crippen MR) is 80.5 cm³/mol. The number of nitrogens with one attached hydrogen (secondary N) is 2. The number of aryl methyl sites for hydroxylation is 1. The highest BCUT2D eigenvalue weighted by Crippen LogP contribution is 2.20. The van der Waals surface area contributed by atoms with E-state index in [1.165, 1.54) is 24.4 Å². The molecule has 1 unspecified atom stereocenters. The minimum atomic E-state index is -0.847. The number of H-pyrrole nitrogens is 1. The highest BCUT2D eigenvalue weighted by atomic mass is 35.5. The molecule has 2 aromatic rings. The van der Waals surface area contributed by atoms with Gasteiger partial charge in [0.15, 0.2) is 5.43 Å². The molecule has 1 atom stereocenters. The van der Waals surface area contributed by atoms with E-state index < -0.39 is 29.8 Å². The van der Waals surface area contributed by atoms with Crippen LogP contribution in [0.15, 0.2) is 35.3 Å². The second-order valence-electron chi connectivity index (χ2n) is 4.78. The number of amides is 1. The molecule has 0 fully saturated rings. The smallest absolute Gasteiger partial charge is 0.257 e. The first-order chi connectivity index (χ1) is 10.4. The minimum absolute atomic E-state index is 0.0539. The minimum Gasteiger partial charge on any atom is -0.394 e. The number of hydrogen-bond donors (Lipinski definition) is 3. The van der Waals surface area contributed by atoms with E-state index in [9.17, 15) is 19.1 Å². The fraction of sp³-hybridized carbons (Fsp3) is 0.200. The molecule has 0 saturated carbocycles. The summed E-state index contributed by atoms with van der Waals surface area (Å²) in [6, 6.07) is 4.40. The van der Waals surface area contributed by atoms with E-state index in [4.69, 9.17) is 11.6 Å². The number of aliphatic hydroxyl groups is 1. The highest BCUT2D eigenvalue weighted by Gasteiger charge is 2.18. The van der Waals surface area contributed by atoms with E-state index in [1.807, 2.05) is 0 Å². The van der Waals surface area contributed by atoms with Crippen molar-refractivity contribution in [2.75, 3.05) is 6.61 Å². The van der Waals surface area contributed by atoms with E-state index >= 15 is 0 Å². The summed E-state index contributed by atoms with van der Waals surface area (Å²) in [6.07, 6.45) is 1.30. The number of rotatable bonds is 4. The van der Waals surface area contributed by atoms with E-state index in [1.54, 1.807) is 6.92 Å². The maximum atomic E-state index is 13.5. The molecule has 5 nitrogen and oxygen atoms in total. The second kappa shape index (κ2) is 6.72. The Morgan fingerprint density at radius 2 is 2.18 bits per heavy atom. The molecular formula is C15H14ClFN2O3. The van der Waals surface area contributed by atoms with Crippen LogP contribution >= 0.6 is 11.6 Å². The fourth-order valence-electron chi connectivity index (χ4n) is 1.95. The standard InChI is InChI=1S/C15H14ClFN2O3/c1-8-4-14(21)10(6-18-8)15(22)19-13(7-20)9-2-3-11(16)12(17)5-9/h2-6,13,20H,7H2,1H3,(H,18,21)(H,19,22). The van der Waals surface area contributed by atoms with Crippen molar-refractivity contribution >= 4 is 17.5 Å². The van der Waals surface area contributed by atoms with Crippen LogP contribution in [0.1, 0.15) is 27.7 Å². The zero-order chi connectivity index (χ0) is 16.3. The van der Waals surface area contributed by atoms with E-state index in [0.717, 1.165) is 6.07 Å². The van der Waals surface area contributed by atoms with Crippen LogP contribution in [0.25, 0.3) is 0 Å². The maximum Gasteiger partial charge on any atom is 0.257 e. The van der Waals surface area contributed by atoms with Crippen LogP contribution in [0.4, 0.5) is 4.39 Å². The lowest BCUT2D eigenvalue weighted by Gasteiger charge is -2.17. The lowest BCUT2D eigenvalue weighted by atomic mass is 10.1. The molecule has 0 bridgehead atoms. The molecule has 7 heteroatoms. The van der Waals surface area contributed by atoms with E-state index in [2.05, 4.69) is 10.3 Å². The summed E-state index contributed by atoms with van der Waals surface area (Å²) in [5, 5.41) is 11.8. The Morgan fingerprint density at radius 1 is 1.45 bits per heavy atom. The Hall–Kier alpha value is -2.18. The number of carbonyl (C=O) groups is 1. The average Bonchev–Trinajstić information content (AvgIpc) is 2.47. The van der Waals surface area contributed by atoms with Crippen molar-refractivity contribution in [2.45, 2.75) is 13.0 Å². The Bertz CT molecular complexity index is 761. The van der Waals surface area contributed by atoms with Gasteiger partial charge in [-0.2, -0.15) is 0 Å². The molecule has 1 amide bonds. The van der Waals surface area contributed by atoms with Gasteiger partial charge in [-0.15, -0.1) is 0 Å². The van der Waals surface area contributed by atoms with Gasteiger partial charge >= 0.3 is 0 Å². The van der Waals surface area contributed by atoms with Crippen LogP contribution in [-0.2, 0) is 0 Å². The molecule has 2 rings (SSSR count). The second-order valence-corrected chi connectivity index (χ2v) is 5.18. The lowest BCUT2D eigenvalue weighted by Crippen LogP contribution is -2.34. The summed E-state index contributed by atoms with van der Waals surface area (Å²) < 4.78 is 13.5. The Balaban J connectivity index is 2.24. The Labute approximate surface area is 130 Å². The molecule has 0 aliphatic carbocycles. The first-order valence-electron chi connectivity index (χ1n) is 6.48. The Morgan fingerprint density at radius 3 is 2.77 bits per heavy atom. The summed E-state index contributed by atoms with van der Waals surface area (Å²) in [5.41, 5.74) is 0.451. The molecule has 3 N–H and O–H groups in total. The van der Waals surface area contributed by atoms with Crippen LogP contribution in [0.2, 0.25) is 5.02 Å². The monoisotopic (exact) mass is 324 g/mol. The number of pyridine rings is 1. The van der Waals surface area contributed by atoms with Gasteiger partial charge in [0, 0.05) is 18.0 Å². The van der Waals surface area contributed by atoms with Gasteiger partial charge in [0.25, 0.3) is 5.91 Å². The quantitative estimate of drug-likeness (QED) is 0.804. The molecule has 0 aliphatic rings. The molecule has 1 aromatic heterocycles. The van der Waals surface area contributed by atoms with Crippen LogP contribution in [0, 0.1) is 12.7 Å². The van der Waals surface area contributed by atoms with Crippen molar-refractivity contribution in [1.29, 1.82) is 0 Å². The zero-order valence-electron chi connectivity index (χ0n) is 11.7. The largest absolute Gasteiger partial charge is 0.394 e. The van der Waals surface area contributed by atoms with Crippen LogP contribution in [0.5, 0.6) is 0 Å². The van der Waals surface area contributed by atoms with Gasteiger partial charge in [-0.25, -0.2) is 4.39 Å². The number of aromatic nitrogens is 1. The third-order valence-electron chi connectivity index (χ3n) is 3.14. The molecule has 116 valence electrons. The average molecular weight is 325 g/mol. The number of halogens is 2. The van der Waals surface area contributed by atoms with Gasteiger partial charge in [0.1, 0.15) is 11.4 Å². The van der Waals surface area contributed by atoms with Gasteiger partial charge in [0.05, 0.1) is 17.7 Å². The van der Waals surface area contributed by atoms with Gasteiger partial charge in [-0.05, 0) is 24.6 Å². The maximum absolute atomic E-state index is 13.5. The lowest BCUT2D eigenvalue weighted by molar-refractivity contribution is 0.0914. The van der Waals surface area contributed by atoms with Crippen molar-refractivity contribution in [3.8, 4) is 0 Å². The predicted octanol–water partition coefficient (Wildman–Crippen LogP) is 1.94. The molecule has 1 aromatic carbocycles. The number of hydrogen-bond acceptors (Lipinski definition) is 3. The fourth-order valence-corrected chi connectivity index (χ4v) is 2.07. The summed E-state index contributed by atoms with van der Waals surface area (Å²) in [4.78, 5) is 26.6. The summed E-state index contributed by atoms with van der Waals surface area (Å²) >= 11 is 5.60. The number of aromatic amines is 1. The van der Waals surface area contributed by atoms with Crippen molar-refractivity contribution < 1.29 is 14.3 Å². The van der Waals surface area contributed by atoms with E-state index in [-0.39, 0.29) is 10.6 Å². The molecule has 1 heterocycles. The first-order valence-corrected chi connectivity index (χ1v) is 6.86. The number of carbonyl (C=O) groups excluding carboxylic acids is 1. The number of benzene rings is 1. The van der Waals surface area contributed by atoms with Crippen molar-refractivity contribution in [3.05, 3.63) is 68.3 Å². The zero-order valence-corrected chi connectivity index (χ0v) is 12.4. The topological polar surface area (TPSA) is 82.2 Å². The van der Waals surface area contributed by atoms with Crippen molar-refractivity contribution in [1.82, 2.24) is 10.3 Å². The summed E-state index contributed by atoms with van der Waals surface area (Å²) in [5.74, 6) is -1.31. The molecule has 0 spiro atoms. The summed E-state index contributed by atoms with van der Waals surface area (Å²) in [6.45, 7) is 1.24. The van der Waals surface area contributed by atoms with Crippen molar-refractivity contribution in [2.24, 2.45) is 0 Å². The molecule has 22 heavy (non-hydrogen) atoms. The van der Waals surface area contributed by atoms with Gasteiger partial charge in [0.2, 0.25) is 0 Å². The number of aliphatic hydroxyl groups excluding tert-OH is 1. The van der Waals surface area contributed by atoms with Gasteiger partial charge in [-0.1, -0.05) is 17.7 Å². The van der Waals surface area contributed by atoms with Crippen LogP contribution in [0.3, 0.4) is 0 Å². The normalized spacial score (nSPS) is 12.0. The van der Waals surface area contributed by atoms with Crippen molar-refractivity contribution in [3.63, 3.8) is 0 Å². The third kappa shape index (κ3) is 3.52. The summed E-state index contributed by atoms with van der Waals surface area (Å²) in [7, 11) is 0. The highest BCUT2D eigenvalue weighted by molar-refractivity contribution is 6.30. The molecule has 0 radical (unpaired) electrons. The van der Waals surface area contributed by atoms with E-state index in [0.29, 0.717) is 11.3 Å². The molecule has 0 aliphatic heterocycles. The third-order valence-corrected chi connectivity index (χ3v) is 3.44. The van der Waals surface area contributed by atoms with Gasteiger partial charge in [-0.3, -0.25) is 9.59 Å². The molecule has 0 saturated heterocycles. The van der Waals surface area contributed by atoms with Crippen LogP contribution in [-0.4, -0.2) is 22.6 Å². The first kappa shape index (κ1) is 16.2. The Kier molecular flexibility index (Phi) is 4.95. The molecular weight excluding hydrogens is 311 g/mol.